The average molecular weight is 278 g/mol. The number of aliphatic hydroxyl groups excluding tert-OH is 1. The van der Waals surface area contributed by atoms with Crippen LogP contribution in [0.15, 0.2) is 24.3 Å². The summed E-state index contributed by atoms with van der Waals surface area (Å²) in [7, 11) is 0. The lowest BCUT2D eigenvalue weighted by molar-refractivity contribution is -0.143. The van der Waals surface area contributed by atoms with Crippen molar-refractivity contribution in [3.63, 3.8) is 0 Å². The van der Waals surface area contributed by atoms with E-state index in [-0.39, 0.29) is 5.92 Å². The summed E-state index contributed by atoms with van der Waals surface area (Å²) < 4.78 is 0. The fourth-order valence-corrected chi connectivity index (χ4v) is 2.59. The molecule has 0 aliphatic carbocycles. The van der Waals surface area contributed by atoms with E-state index in [1.807, 2.05) is 12.1 Å². The minimum absolute atomic E-state index is 0.201. The summed E-state index contributed by atoms with van der Waals surface area (Å²) in [4.78, 5) is 13.1. The molecule has 2 rings (SSSR count). The lowest BCUT2D eigenvalue weighted by Crippen LogP contribution is -2.37. The molecule has 0 radical (unpaired) electrons. The molecule has 0 aromatic heterocycles. The molecular weight excluding hydrogens is 256 g/mol. The molecule has 1 heterocycles. The Labute approximate surface area is 119 Å². The van der Waals surface area contributed by atoms with Crippen molar-refractivity contribution >= 4 is 11.7 Å². The van der Waals surface area contributed by atoms with E-state index in [9.17, 15) is 9.90 Å². The Hall–Kier alpha value is -1.59. The number of carbonyl (C=O) groups is 1. The summed E-state index contributed by atoms with van der Waals surface area (Å²) in [6.45, 7) is 2.38. The molecule has 0 bridgehead atoms. The van der Waals surface area contributed by atoms with Crippen molar-refractivity contribution < 1.29 is 15.0 Å². The molecule has 1 aliphatic heterocycles. The molecule has 1 aliphatic rings. The predicted molar refractivity (Wildman–Crippen MR) is 77.2 cm³/mol. The zero-order chi connectivity index (χ0) is 14.5. The zero-order valence-electron chi connectivity index (χ0n) is 11.5. The SMILES string of the molecule is Nc1ccc(C(O)CCN2CCC(C(=O)O)CC2)cc1. The molecule has 1 aromatic rings. The molecule has 1 aromatic carbocycles. The first kappa shape index (κ1) is 14.8. The van der Waals surface area contributed by atoms with E-state index in [1.165, 1.54) is 0 Å². The molecule has 0 spiro atoms. The quantitative estimate of drug-likeness (QED) is 0.710. The summed E-state index contributed by atoms with van der Waals surface area (Å²) in [6, 6.07) is 7.27. The van der Waals surface area contributed by atoms with E-state index in [0.29, 0.717) is 24.9 Å². The van der Waals surface area contributed by atoms with Crippen molar-refractivity contribution in [2.45, 2.75) is 25.4 Å². The van der Waals surface area contributed by atoms with Crippen molar-refractivity contribution in [2.24, 2.45) is 5.92 Å². The highest BCUT2D eigenvalue weighted by molar-refractivity contribution is 5.70. The van der Waals surface area contributed by atoms with E-state index in [4.69, 9.17) is 10.8 Å². The number of nitrogens with two attached hydrogens (primary N) is 1. The van der Waals surface area contributed by atoms with Crippen LogP contribution >= 0.6 is 0 Å². The van der Waals surface area contributed by atoms with Gasteiger partial charge in [-0.3, -0.25) is 4.79 Å². The standard InChI is InChI=1S/C15H22N2O3/c16-13-3-1-11(2-4-13)14(18)7-10-17-8-5-12(6-9-17)15(19)20/h1-4,12,14,18H,5-10,16H2,(H,19,20). The molecule has 1 fully saturated rings. The normalized spacial score (nSPS) is 18.9. The Morgan fingerprint density at radius 1 is 1.30 bits per heavy atom. The van der Waals surface area contributed by atoms with Crippen LogP contribution in [0.4, 0.5) is 5.69 Å². The molecule has 1 atom stereocenters. The number of nitrogens with zero attached hydrogens (tertiary/aromatic N) is 1. The lowest BCUT2D eigenvalue weighted by atomic mass is 9.96. The fourth-order valence-electron chi connectivity index (χ4n) is 2.59. The van der Waals surface area contributed by atoms with Gasteiger partial charge in [0.05, 0.1) is 12.0 Å². The summed E-state index contributed by atoms with van der Waals surface area (Å²) in [5.41, 5.74) is 7.18. The van der Waals surface area contributed by atoms with Crippen LogP contribution in [0.25, 0.3) is 0 Å². The smallest absolute Gasteiger partial charge is 0.306 e. The van der Waals surface area contributed by atoms with Crippen LogP contribution in [0.2, 0.25) is 0 Å². The van der Waals surface area contributed by atoms with Crippen LogP contribution in [0, 0.1) is 5.92 Å². The van der Waals surface area contributed by atoms with E-state index < -0.39 is 12.1 Å². The monoisotopic (exact) mass is 278 g/mol. The molecule has 5 nitrogen and oxygen atoms in total. The van der Waals surface area contributed by atoms with Crippen LogP contribution in [0.5, 0.6) is 0 Å². The number of carboxylic acid groups (broad SMARTS) is 1. The lowest BCUT2D eigenvalue weighted by Gasteiger charge is -2.30. The Morgan fingerprint density at radius 2 is 1.90 bits per heavy atom. The molecule has 0 amide bonds. The van der Waals surface area contributed by atoms with Gasteiger partial charge in [0.1, 0.15) is 0 Å². The Morgan fingerprint density at radius 3 is 2.45 bits per heavy atom. The number of rotatable bonds is 5. The first-order chi connectivity index (χ1) is 9.56. The molecular formula is C15H22N2O3. The van der Waals surface area contributed by atoms with E-state index >= 15 is 0 Å². The third-order valence-corrected chi connectivity index (χ3v) is 3.98. The number of aliphatic hydroxyl groups is 1. The van der Waals surface area contributed by atoms with Crippen LogP contribution in [0.3, 0.4) is 0 Å². The minimum atomic E-state index is -0.688. The highest BCUT2D eigenvalue weighted by Crippen LogP contribution is 2.21. The van der Waals surface area contributed by atoms with Crippen LogP contribution in [-0.4, -0.2) is 40.7 Å². The molecule has 110 valence electrons. The third kappa shape index (κ3) is 3.95. The first-order valence-corrected chi connectivity index (χ1v) is 7.05. The predicted octanol–water partition coefficient (Wildman–Crippen LogP) is 1.49. The first-order valence-electron chi connectivity index (χ1n) is 7.05. The molecule has 1 unspecified atom stereocenters. The largest absolute Gasteiger partial charge is 0.481 e. The number of carboxylic acids is 1. The molecule has 0 saturated carbocycles. The van der Waals surface area contributed by atoms with Gasteiger partial charge in [0.15, 0.2) is 0 Å². The Kier molecular flexibility index (Phi) is 4.98. The van der Waals surface area contributed by atoms with Gasteiger partial charge < -0.3 is 20.8 Å². The minimum Gasteiger partial charge on any atom is -0.481 e. The van der Waals surface area contributed by atoms with Crippen molar-refractivity contribution in [2.75, 3.05) is 25.4 Å². The maximum atomic E-state index is 10.9. The van der Waals surface area contributed by atoms with Crippen LogP contribution in [-0.2, 0) is 4.79 Å². The van der Waals surface area contributed by atoms with Crippen molar-refractivity contribution in [1.29, 1.82) is 0 Å². The third-order valence-electron chi connectivity index (χ3n) is 3.98. The van der Waals surface area contributed by atoms with Gasteiger partial charge in [-0.15, -0.1) is 0 Å². The topological polar surface area (TPSA) is 86.8 Å². The Balaban J connectivity index is 1.75. The number of piperidine rings is 1. The van der Waals surface area contributed by atoms with Gasteiger partial charge in [0, 0.05) is 12.2 Å². The number of likely N-dealkylation sites (tertiary alicyclic amines) is 1. The van der Waals surface area contributed by atoms with Gasteiger partial charge in [0.25, 0.3) is 0 Å². The van der Waals surface area contributed by atoms with Gasteiger partial charge in [-0.25, -0.2) is 0 Å². The zero-order valence-corrected chi connectivity index (χ0v) is 11.5. The van der Waals surface area contributed by atoms with Gasteiger partial charge in [-0.1, -0.05) is 12.1 Å². The summed E-state index contributed by atoms with van der Waals surface area (Å²) in [5.74, 6) is -0.889. The number of hydrogen-bond acceptors (Lipinski definition) is 4. The number of nitrogen functional groups attached to an aromatic ring is 1. The van der Waals surface area contributed by atoms with Crippen molar-refractivity contribution in [1.82, 2.24) is 4.90 Å². The maximum absolute atomic E-state index is 10.9. The highest BCUT2D eigenvalue weighted by atomic mass is 16.4. The summed E-state index contributed by atoms with van der Waals surface area (Å²) in [6.07, 6.45) is 1.57. The Bertz CT molecular complexity index is 439. The van der Waals surface area contributed by atoms with Crippen LogP contribution < -0.4 is 5.73 Å². The second-order valence-electron chi connectivity index (χ2n) is 5.43. The number of benzene rings is 1. The van der Waals surface area contributed by atoms with E-state index in [0.717, 1.165) is 25.2 Å². The second kappa shape index (κ2) is 6.72. The van der Waals surface area contributed by atoms with Crippen molar-refractivity contribution in [3.8, 4) is 0 Å². The number of aliphatic carboxylic acids is 1. The number of anilines is 1. The fraction of sp³-hybridized carbons (Fsp3) is 0.533. The molecule has 4 N–H and O–H groups in total. The van der Waals surface area contributed by atoms with Crippen molar-refractivity contribution in [3.05, 3.63) is 29.8 Å². The molecule has 1 saturated heterocycles. The average Bonchev–Trinajstić information content (AvgIpc) is 2.46. The highest BCUT2D eigenvalue weighted by Gasteiger charge is 2.24. The van der Waals surface area contributed by atoms with Gasteiger partial charge >= 0.3 is 5.97 Å². The van der Waals surface area contributed by atoms with E-state index in [1.54, 1.807) is 12.1 Å². The molecule has 5 heteroatoms. The van der Waals surface area contributed by atoms with Crippen LogP contribution in [0.1, 0.15) is 30.9 Å². The van der Waals surface area contributed by atoms with Gasteiger partial charge in [0.2, 0.25) is 0 Å². The van der Waals surface area contributed by atoms with Gasteiger partial charge in [-0.2, -0.15) is 0 Å². The summed E-state index contributed by atoms with van der Waals surface area (Å²) >= 11 is 0. The molecule has 20 heavy (non-hydrogen) atoms. The number of hydrogen-bond donors (Lipinski definition) is 3. The van der Waals surface area contributed by atoms with Gasteiger partial charge in [-0.05, 0) is 50.0 Å². The second-order valence-corrected chi connectivity index (χ2v) is 5.43. The van der Waals surface area contributed by atoms with E-state index in [2.05, 4.69) is 4.90 Å². The summed E-state index contributed by atoms with van der Waals surface area (Å²) in [5, 5.41) is 19.1. The maximum Gasteiger partial charge on any atom is 0.306 e.